The van der Waals surface area contributed by atoms with Gasteiger partial charge in [0.1, 0.15) is 6.61 Å². The van der Waals surface area contributed by atoms with Crippen molar-refractivity contribution in [2.45, 2.75) is 33.9 Å². The summed E-state index contributed by atoms with van der Waals surface area (Å²) in [5, 5.41) is 1.41. The van der Waals surface area contributed by atoms with Crippen LogP contribution in [0.25, 0.3) is 0 Å². The Labute approximate surface area is 126 Å². The first kappa shape index (κ1) is 15.3. The van der Waals surface area contributed by atoms with Crippen LogP contribution in [0.3, 0.4) is 0 Å². The first-order chi connectivity index (χ1) is 10.0. The minimum absolute atomic E-state index is 0.0934. The zero-order valence-electron chi connectivity index (χ0n) is 12.8. The van der Waals surface area contributed by atoms with E-state index in [-0.39, 0.29) is 5.91 Å². The van der Waals surface area contributed by atoms with Gasteiger partial charge in [0.15, 0.2) is 0 Å². The number of benzene rings is 2. The van der Waals surface area contributed by atoms with E-state index in [1.807, 2.05) is 50.2 Å². The van der Waals surface area contributed by atoms with Crippen molar-refractivity contribution in [3.63, 3.8) is 0 Å². The van der Waals surface area contributed by atoms with Gasteiger partial charge in [0.25, 0.3) is 0 Å². The van der Waals surface area contributed by atoms with Crippen molar-refractivity contribution < 1.29 is 9.63 Å². The highest BCUT2D eigenvalue weighted by Gasteiger charge is 2.11. The number of hydroxylamine groups is 2. The highest BCUT2D eigenvalue weighted by molar-refractivity contribution is 5.72. The molecule has 0 aliphatic carbocycles. The SMILES string of the molecule is CC(=O)N(Cc1cccc(C)c1)OCc1cccc(C)c1. The Morgan fingerprint density at radius 1 is 1.00 bits per heavy atom. The Morgan fingerprint density at radius 2 is 1.57 bits per heavy atom. The van der Waals surface area contributed by atoms with E-state index >= 15 is 0 Å². The van der Waals surface area contributed by atoms with Crippen LogP contribution in [0.2, 0.25) is 0 Å². The van der Waals surface area contributed by atoms with Crippen LogP contribution in [0.1, 0.15) is 29.2 Å². The average Bonchev–Trinajstić information content (AvgIpc) is 2.43. The molecule has 3 nitrogen and oxygen atoms in total. The minimum atomic E-state index is -0.0934. The number of carbonyl (C=O) groups is 1. The van der Waals surface area contributed by atoms with E-state index in [9.17, 15) is 4.79 Å². The third-order valence-electron chi connectivity index (χ3n) is 3.23. The highest BCUT2D eigenvalue weighted by Crippen LogP contribution is 2.11. The third-order valence-corrected chi connectivity index (χ3v) is 3.23. The molecule has 0 fully saturated rings. The molecule has 0 unspecified atom stereocenters. The van der Waals surface area contributed by atoms with Gasteiger partial charge >= 0.3 is 0 Å². The summed E-state index contributed by atoms with van der Waals surface area (Å²) in [4.78, 5) is 17.4. The summed E-state index contributed by atoms with van der Waals surface area (Å²) in [5.74, 6) is -0.0934. The molecule has 0 aromatic heterocycles. The van der Waals surface area contributed by atoms with Gasteiger partial charge in [-0.3, -0.25) is 9.63 Å². The molecule has 0 atom stereocenters. The summed E-state index contributed by atoms with van der Waals surface area (Å²) in [7, 11) is 0. The molecule has 21 heavy (non-hydrogen) atoms. The van der Waals surface area contributed by atoms with Crippen LogP contribution in [-0.4, -0.2) is 11.0 Å². The average molecular weight is 283 g/mol. The van der Waals surface area contributed by atoms with E-state index in [1.54, 1.807) is 0 Å². The van der Waals surface area contributed by atoms with Crippen LogP contribution < -0.4 is 0 Å². The van der Waals surface area contributed by atoms with Gasteiger partial charge in [-0.25, -0.2) is 5.06 Å². The van der Waals surface area contributed by atoms with Gasteiger partial charge in [-0.05, 0) is 25.0 Å². The normalized spacial score (nSPS) is 10.4. The van der Waals surface area contributed by atoms with Gasteiger partial charge in [-0.1, -0.05) is 59.7 Å². The summed E-state index contributed by atoms with van der Waals surface area (Å²) >= 11 is 0. The van der Waals surface area contributed by atoms with Crippen molar-refractivity contribution in [1.82, 2.24) is 5.06 Å². The molecule has 2 aromatic rings. The molecule has 3 heteroatoms. The lowest BCUT2D eigenvalue weighted by Crippen LogP contribution is -2.28. The van der Waals surface area contributed by atoms with E-state index in [1.165, 1.54) is 23.1 Å². The number of hydrogen-bond donors (Lipinski definition) is 0. The number of carbonyl (C=O) groups excluding carboxylic acids is 1. The quantitative estimate of drug-likeness (QED) is 0.781. The van der Waals surface area contributed by atoms with Gasteiger partial charge in [0.05, 0.1) is 6.54 Å². The van der Waals surface area contributed by atoms with Crippen molar-refractivity contribution in [2.75, 3.05) is 0 Å². The second-order valence-corrected chi connectivity index (χ2v) is 5.31. The number of hydrogen-bond acceptors (Lipinski definition) is 2. The number of rotatable bonds is 5. The number of aryl methyl sites for hydroxylation is 2. The Bertz CT molecular complexity index is 622. The summed E-state index contributed by atoms with van der Waals surface area (Å²) in [6.45, 7) is 6.45. The van der Waals surface area contributed by atoms with Crippen LogP contribution in [0.4, 0.5) is 0 Å². The molecule has 0 N–H and O–H groups in total. The van der Waals surface area contributed by atoms with Crippen LogP contribution in [0, 0.1) is 13.8 Å². The standard InChI is InChI=1S/C18H21NO2/c1-14-6-4-8-17(10-14)12-19(16(3)20)21-13-18-9-5-7-15(2)11-18/h4-11H,12-13H2,1-3H3. The van der Waals surface area contributed by atoms with Crippen molar-refractivity contribution in [3.05, 3.63) is 70.8 Å². The molecule has 110 valence electrons. The topological polar surface area (TPSA) is 29.5 Å². The first-order valence-corrected chi connectivity index (χ1v) is 7.07. The maximum absolute atomic E-state index is 11.7. The maximum atomic E-state index is 11.7. The molecule has 0 bridgehead atoms. The molecule has 0 aliphatic heterocycles. The van der Waals surface area contributed by atoms with Gasteiger partial charge in [0.2, 0.25) is 5.91 Å². The molecule has 0 saturated heterocycles. The van der Waals surface area contributed by atoms with Crippen LogP contribution in [0.5, 0.6) is 0 Å². The number of nitrogens with zero attached hydrogens (tertiary/aromatic N) is 1. The van der Waals surface area contributed by atoms with Gasteiger partial charge in [-0.2, -0.15) is 0 Å². The largest absolute Gasteiger partial charge is 0.273 e. The fraction of sp³-hybridized carbons (Fsp3) is 0.278. The number of amides is 1. The predicted octanol–water partition coefficient (Wildman–Crippen LogP) is 3.78. The predicted molar refractivity (Wildman–Crippen MR) is 83.4 cm³/mol. The summed E-state index contributed by atoms with van der Waals surface area (Å²) in [6, 6.07) is 16.2. The Morgan fingerprint density at radius 3 is 2.14 bits per heavy atom. The fourth-order valence-corrected chi connectivity index (χ4v) is 2.18. The van der Waals surface area contributed by atoms with E-state index in [4.69, 9.17) is 4.84 Å². The van der Waals surface area contributed by atoms with E-state index in [2.05, 4.69) is 12.1 Å². The second kappa shape index (κ2) is 7.04. The summed E-state index contributed by atoms with van der Waals surface area (Å²) in [6.07, 6.45) is 0. The molecule has 0 aliphatic rings. The van der Waals surface area contributed by atoms with Crippen LogP contribution in [0.15, 0.2) is 48.5 Å². The Kier molecular flexibility index (Phi) is 5.12. The monoisotopic (exact) mass is 283 g/mol. The van der Waals surface area contributed by atoms with Gasteiger partial charge < -0.3 is 0 Å². The van der Waals surface area contributed by atoms with Gasteiger partial charge in [0, 0.05) is 6.92 Å². The van der Waals surface area contributed by atoms with E-state index in [0.29, 0.717) is 13.2 Å². The molecule has 2 aromatic carbocycles. The fourth-order valence-electron chi connectivity index (χ4n) is 2.18. The van der Waals surface area contributed by atoms with Crippen molar-refractivity contribution >= 4 is 5.91 Å². The summed E-state index contributed by atoms with van der Waals surface area (Å²) in [5.41, 5.74) is 4.48. The van der Waals surface area contributed by atoms with Crippen LogP contribution in [-0.2, 0) is 22.8 Å². The lowest BCUT2D eigenvalue weighted by atomic mass is 10.1. The zero-order valence-corrected chi connectivity index (χ0v) is 12.8. The molecule has 2 rings (SSSR count). The van der Waals surface area contributed by atoms with Crippen molar-refractivity contribution in [2.24, 2.45) is 0 Å². The molecule has 0 saturated carbocycles. The second-order valence-electron chi connectivity index (χ2n) is 5.31. The summed E-state index contributed by atoms with van der Waals surface area (Å²) < 4.78 is 0. The molecular weight excluding hydrogens is 262 g/mol. The lowest BCUT2D eigenvalue weighted by Gasteiger charge is -2.20. The van der Waals surface area contributed by atoms with Crippen LogP contribution >= 0.6 is 0 Å². The highest BCUT2D eigenvalue weighted by atomic mass is 16.7. The third kappa shape index (κ3) is 4.72. The maximum Gasteiger partial charge on any atom is 0.243 e. The lowest BCUT2D eigenvalue weighted by molar-refractivity contribution is -0.193. The molecule has 0 spiro atoms. The molecule has 0 heterocycles. The molecule has 0 radical (unpaired) electrons. The zero-order chi connectivity index (χ0) is 15.2. The van der Waals surface area contributed by atoms with Crippen molar-refractivity contribution in [3.8, 4) is 0 Å². The van der Waals surface area contributed by atoms with E-state index in [0.717, 1.165) is 11.1 Å². The molecular formula is C18H21NO2. The molecule has 1 amide bonds. The minimum Gasteiger partial charge on any atom is -0.273 e. The van der Waals surface area contributed by atoms with Crippen molar-refractivity contribution in [1.29, 1.82) is 0 Å². The smallest absolute Gasteiger partial charge is 0.243 e. The Balaban J connectivity index is 2.01. The first-order valence-electron chi connectivity index (χ1n) is 7.07. The van der Waals surface area contributed by atoms with E-state index < -0.39 is 0 Å². The van der Waals surface area contributed by atoms with Gasteiger partial charge in [-0.15, -0.1) is 0 Å². The Hall–Kier alpha value is -2.13.